The van der Waals surface area contributed by atoms with Gasteiger partial charge in [-0.2, -0.15) is 0 Å². The second kappa shape index (κ2) is 8.73. The van der Waals surface area contributed by atoms with Crippen LogP contribution < -0.4 is 19.5 Å². The SMILES string of the molecule is COc1ccc(C(=O)NCC(c2cccs2)N(C)C)c(OC)c1OC. The second-order valence-electron chi connectivity index (χ2n) is 5.59. The average molecular weight is 364 g/mol. The Balaban J connectivity index is 2.20. The third-order valence-corrected chi connectivity index (χ3v) is 4.87. The Morgan fingerprint density at radius 2 is 1.84 bits per heavy atom. The third kappa shape index (κ3) is 4.24. The Morgan fingerprint density at radius 3 is 2.36 bits per heavy atom. The maximum absolute atomic E-state index is 12.7. The van der Waals surface area contributed by atoms with Crippen LogP contribution in [0.3, 0.4) is 0 Å². The molecule has 1 aromatic carbocycles. The second-order valence-corrected chi connectivity index (χ2v) is 6.57. The van der Waals surface area contributed by atoms with Crippen molar-refractivity contribution < 1.29 is 19.0 Å². The van der Waals surface area contributed by atoms with E-state index in [9.17, 15) is 4.79 Å². The number of hydrogen-bond donors (Lipinski definition) is 1. The van der Waals surface area contributed by atoms with Crippen molar-refractivity contribution in [3.63, 3.8) is 0 Å². The molecule has 7 heteroatoms. The molecule has 6 nitrogen and oxygen atoms in total. The van der Waals surface area contributed by atoms with Gasteiger partial charge in [-0.15, -0.1) is 11.3 Å². The van der Waals surface area contributed by atoms with Gasteiger partial charge < -0.3 is 24.4 Å². The molecule has 0 aliphatic rings. The molecule has 136 valence electrons. The molecule has 25 heavy (non-hydrogen) atoms. The summed E-state index contributed by atoms with van der Waals surface area (Å²) in [6, 6.07) is 7.55. The zero-order valence-corrected chi connectivity index (χ0v) is 16.0. The summed E-state index contributed by atoms with van der Waals surface area (Å²) in [4.78, 5) is 16.0. The zero-order valence-electron chi connectivity index (χ0n) is 15.2. The summed E-state index contributed by atoms with van der Waals surface area (Å²) in [5.74, 6) is 1.05. The Labute approximate surface area is 152 Å². The van der Waals surface area contributed by atoms with Crippen LogP contribution in [0.1, 0.15) is 21.3 Å². The van der Waals surface area contributed by atoms with E-state index in [1.165, 1.54) is 19.1 Å². The van der Waals surface area contributed by atoms with Gasteiger partial charge in [0.1, 0.15) is 0 Å². The van der Waals surface area contributed by atoms with E-state index in [4.69, 9.17) is 14.2 Å². The number of methoxy groups -OCH3 is 3. The van der Waals surface area contributed by atoms with Crippen LogP contribution >= 0.6 is 11.3 Å². The first-order valence-corrected chi connectivity index (χ1v) is 8.68. The number of nitrogens with zero attached hydrogens (tertiary/aromatic N) is 1. The van der Waals surface area contributed by atoms with Crippen LogP contribution in [-0.4, -0.2) is 52.8 Å². The van der Waals surface area contributed by atoms with E-state index in [0.717, 1.165) is 0 Å². The molecule has 0 fully saturated rings. The van der Waals surface area contributed by atoms with Crippen molar-refractivity contribution in [2.75, 3.05) is 42.0 Å². The fourth-order valence-corrected chi connectivity index (χ4v) is 3.51. The summed E-state index contributed by atoms with van der Waals surface area (Å²) in [7, 11) is 8.55. The molecule has 1 unspecified atom stereocenters. The zero-order chi connectivity index (χ0) is 18.4. The smallest absolute Gasteiger partial charge is 0.255 e. The van der Waals surface area contributed by atoms with Gasteiger partial charge in [0.2, 0.25) is 5.75 Å². The Morgan fingerprint density at radius 1 is 1.12 bits per heavy atom. The first-order valence-electron chi connectivity index (χ1n) is 7.80. The van der Waals surface area contributed by atoms with Crippen molar-refractivity contribution in [1.29, 1.82) is 0 Å². The minimum atomic E-state index is -0.221. The van der Waals surface area contributed by atoms with E-state index < -0.39 is 0 Å². The number of amides is 1. The molecule has 0 saturated carbocycles. The van der Waals surface area contributed by atoms with Gasteiger partial charge in [0.05, 0.1) is 32.9 Å². The minimum Gasteiger partial charge on any atom is -0.493 e. The van der Waals surface area contributed by atoms with Gasteiger partial charge in [-0.25, -0.2) is 0 Å². The first kappa shape index (κ1) is 19.1. The lowest BCUT2D eigenvalue weighted by Gasteiger charge is -2.24. The lowest BCUT2D eigenvalue weighted by molar-refractivity contribution is 0.0938. The summed E-state index contributed by atoms with van der Waals surface area (Å²) in [5, 5.41) is 5.01. The molecular weight excluding hydrogens is 340 g/mol. The van der Waals surface area contributed by atoms with E-state index in [1.807, 2.05) is 25.5 Å². The highest BCUT2D eigenvalue weighted by atomic mass is 32.1. The average Bonchev–Trinajstić information content (AvgIpc) is 3.14. The summed E-state index contributed by atoms with van der Waals surface area (Å²) in [6.07, 6.45) is 0. The summed E-state index contributed by atoms with van der Waals surface area (Å²) >= 11 is 1.67. The molecule has 0 aliphatic heterocycles. The predicted molar refractivity (Wildman–Crippen MR) is 99.2 cm³/mol. The minimum absolute atomic E-state index is 0.107. The highest BCUT2D eigenvalue weighted by molar-refractivity contribution is 7.10. The molecule has 2 rings (SSSR count). The van der Waals surface area contributed by atoms with Crippen molar-refractivity contribution in [1.82, 2.24) is 10.2 Å². The topological polar surface area (TPSA) is 60.0 Å². The molecular formula is C18H24N2O4S. The maximum atomic E-state index is 12.7. The number of carbonyl (C=O) groups is 1. The van der Waals surface area contributed by atoms with Crippen LogP contribution in [0.5, 0.6) is 17.2 Å². The number of benzene rings is 1. The fraction of sp³-hybridized carbons (Fsp3) is 0.389. The van der Waals surface area contributed by atoms with E-state index in [2.05, 4.69) is 16.3 Å². The monoisotopic (exact) mass is 364 g/mol. The highest BCUT2D eigenvalue weighted by Crippen LogP contribution is 2.39. The number of ether oxygens (including phenoxy) is 3. The van der Waals surface area contributed by atoms with Gasteiger partial charge in [0, 0.05) is 11.4 Å². The van der Waals surface area contributed by atoms with Crippen LogP contribution in [0.25, 0.3) is 0 Å². The van der Waals surface area contributed by atoms with Gasteiger partial charge in [-0.1, -0.05) is 6.07 Å². The summed E-state index contributed by atoms with van der Waals surface area (Å²) in [6.45, 7) is 0.490. The molecule has 0 aliphatic carbocycles. The summed E-state index contributed by atoms with van der Waals surface area (Å²) < 4.78 is 16.0. The molecule has 1 aromatic heterocycles. The largest absolute Gasteiger partial charge is 0.493 e. The predicted octanol–water partition coefficient (Wildman–Crippen LogP) is 2.81. The molecule has 0 spiro atoms. The first-order chi connectivity index (χ1) is 12.0. The highest BCUT2D eigenvalue weighted by Gasteiger charge is 2.22. The number of carbonyl (C=O) groups excluding carboxylic acids is 1. The van der Waals surface area contributed by atoms with E-state index in [0.29, 0.717) is 29.4 Å². The van der Waals surface area contributed by atoms with E-state index in [-0.39, 0.29) is 11.9 Å². The summed E-state index contributed by atoms with van der Waals surface area (Å²) in [5.41, 5.74) is 0.406. The molecule has 1 N–H and O–H groups in total. The van der Waals surface area contributed by atoms with Crippen molar-refractivity contribution in [3.8, 4) is 17.2 Å². The number of thiophene rings is 1. The molecule has 0 radical (unpaired) electrons. The van der Waals surface area contributed by atoms with Crippen LogP contribution in [0.15, 0.2) is 29.6 Å². The van der Waals surface area contributed by atoms with Crippen LogP contribution in [0, 0.1) is 0 Å². The number of rotatable bonds is 8. The lowest BCUT2D eigenvalue weighted by Crippen LogP contribution is -2.34. The number of likely N-dealkylation sites (N-methyl/N-ethyl adjacent to an activating group) is 1. The number of hydrogen-bond acceptors (Lipinski definition) is 6. The maximum Gasteiger partial charge on any atom is 0.255 e. The van der Waals surface area contributed by atoms with Crippen LogP contribution in [0.2, 0.25) is 0 Å². The van der Waals surface area contributed by atoms with Gasteiger partial charge in [0.15, 0.2) is 11.5 Å². The Hall–Kier alpha value is -2.25. The van der Waals surface area contributed by atoms with Gasteiger partial charge in [-0.05, 0) is 37.7 Å². The standard InChI is InChI=1S/C18H24N2O4S/c1-20(2)13(15-7-6-10-25-15)11-19-18(21)12-8-9-14(22-3)17(24-5)16(12)23-4/h6-10,13H,11H2,1-5H3,(H,19,21). The molecule has 0 bridgehead atoms. The Bertz CT molecular complexity index is 701. The van der Waals surface area contributed by atoms with Crippen molar-refractivity contribution in [2.45, 2.75) is 6.04 Å². The molecule has 1 atom stereocenters. The third-order valence-electron chi connectivity index (χ3n) is 3.90. The van der Waals surface area contributed by atoms with Crippen molar-refractivity contribution in [3.05, 3.63) is 40.1 Å². The molecule has 2 aromatic rings. The number of nitrogens with one attached hydrogen (secondary N) is 1. The van der Waals surface area contributed by atoms with Crippen molar-refractivity contribution >= 4 is 17.2 Å². The molecule has 1 heterocycles. The van der Waals surface area contributed by atoms with Crippen LogP contribution in [-0.2, 0) is 0 Å². The quantitative estimate of drug-likeness (QED) is 0.780. The fourth-order valence-electron chi connectivity index (χ4n) is 2.58. The van der Waals surface area contributed by atoms with E-state index >= 15 is 0 Å². The van der Waals surface area contributed by atoms with Crippen LogP contribution in [0.4, 0.5) is 0 Å². The molecule has 1 amide bonds. The van der Waals surface area contributed by atoms with Gasteiger partial charge >= 0.3 is 0 Å². The van der Waals surface area contributed by atoms with Gasteiger partial charge in [0.25, 0.3) is 5.91 Å². The van der Waals surface area contributed by atoms with Gasteiger partial charge in [-0.3, -0.25) is 4.79 Å². The normalized spacial score (nSPS) is 11.9. The van der Waals surface area contributed by atoms with E-state index in [1.54, 1.807) is 30.6 Å². The Kier molecular flexibility index (Phi) is 6.66. The lowest BCUT2D eigenvalue weighted by atomic mass is 10.1. The molecule has 0 saturated heterocycles. The van der Waals surface area contributed by atoms with Crippen molar-refractivity contribution in [2.24, 2.45) is 0 Å².